The van der Waals surface area contributed by atoms with E-state index in [4.69, 9.17) is 0 Å². The SMILES string of the molecule is CCNc1cc(N2CCCC2(C)C)nc(SC)n1. The highest BCUT2D eigenvalue weighted by Crippen LogP contribution is 2.33. The average Bonchev–Trinajstić information content (AvgIpc) is 2.69. The lowest BCUT2D eigenvalue weighted by molar-refractivity contribution is 0.513. The molecule has 2 rings (SSSR count). The predicted molar refractivity (Wildman–Crippen MR) is 78.6 cm³/mol. The molecular weight excluding hydrogens is 244 g/mol. The summed E-state index contributed by atoms with van der Waals surface area (Å²) in [4.78, 5) is 11.5. The van der Waals surface area contributed by atoms with E-state index in [9.17, 15) is 0 Å². The molecule has 0 amide bonds. The van der Waals surface area contributed by atoms with E-state index in [1.807, 2.05) is 6.26 Å². The number of hydrogen-bond acceptors (Lipinski definition) is 5. The summed E-state index contributed by atoms with van der Waals surface area (Å²) in [6, 6.07) is 2.07. The number of aromatic nitrogens is 2. The van der Waals surface area contributed by atoms with Crippen LogP contribution in [0.2, 0.25) is 0 Å². The number of thioether (sulfide) groups is 1. The summed E-state index contributed by atoms with van der Waals surface area (Å²) in [6.45, 7) is 8.62. The van der Waals surface area contributed by atoms with Crippen LogP contribution < -0.4 is 10.2 Å². The summed E-state index contributed by atoms with van der Waals surface area (Å²) >= 11 is 1.59. The van der Waals surface area contributed by atoms with Gasteiger partial charge in [0.15, 0.2) is 5.16 Å². The fraction of sp³-hybridized carbons (Fsp3) is 0.692. The highest BCUT2D eigenvalue weighted by atomic mass is 32.2. The molecule has 1 N–H and O–H groups in total. The van der Waals surface area contributed by atoms with E-state index in [2.05, 4.69) is 47.0 Å². The van der Waals surface area contributed by atoms with Crippen molar-refractivity contribution in [1.82, 2.24) is 9.97 Å². The van der Waals surface area contributed by atoms with Crippen molar-refractivity contribution in [3.8, 4) is 0 Å². The van der Waals surface area contributed by atoms with E-state index in [0.29, 0.717) is 0 Å². The number of rotatable bonds is 4. The van der Waals surface area contributed by atoms with E-state index in [1.54, 1.807) is 11.8 Å². The molecule has 0 unspecified atom stereocenters. The van der Waals surface area contributed by atoms with E-state index in [0.717, 1.165) is 29.9 Å². The highest BCUT2D eigenvalue weighted by molar-refractivity contribution is 7.98. The van der Waals surface area contributed by atoms with E-state index in [-0.39, 0.29) is 5.54 Å². The molecule has 1 aromatic heterocycles. The zero-order valence-electron chi connectivity index (χ0n) is 11.7. The van der Waals surface area contributed by atoms with Gasteiger partial charge in [-0.15, -0.1) is 0 Å². The van der Waals surface area contributed by atoms with E-state index in [1.165, 1.54) is 12.8 Å². The van der Waals surface area contributed by atoms with Gasteiger partial charge in [0.2, 0.25) is 0 Å². The van der Waals surface area contributed by atoms with Gasteiger partial charge in [-0.05, 0) is 39.9 Å². The van der Waals surface area contributed by atoms with Crippen molar-refractivity contribution in [1.29, 1.82) is 0 Å². The first-order valence-electron chi connectivity index (χ1n) is 6.51. The molecule has 0 radical (unpaired) electrons. The summed E-state index contributed by atoms with van der Waals surface area (Å²) in [5.74, 6) is 1.97. The van der Waals surface area contributed by atoms with Crippen molar-refractivity contribution >= 4 is 23.4 Å². The van der Waals surface area contributed by atoms with Crippen molar-refractivity contribution < 1.29 is 0 Å². The molecule has 1 fully saturated rings. The Morgan fingerprint density at radius 3 is 2.78 bits per heavy atom. The molecule has 0 bridgehead atoms. The molecule has 4 nitrogen and oxygen atoms in total. The molecule has 0 aliphatic carbocycles. The van der Waals surface area contributed by atoms with Gasteiger partial charge < -0.3 is 10.2 Å². The third-order valence-corrected chi connectivity index (χ3v) is 3.96. The van der Waals surface area contributed by atoms with Gasteiger partial charge in [-0.3, -0.25) is 0 Å². The summed E-state index contributed by atoms with van der Waals surface area (Å²) in [5, 5.41) is 4.12. The first-order chi connectivity index (χ1) is 8.56. The normalized spacial score (nSPS) is 18.1. The van der Waals surface area contributed by atoms with Crippen molar-refractivity contribution in [3.05, 3.63) is 6.07 Å². The summed E-state index contributed by atoms with van der Waals surface area (Å²) in [6.07, 6.45) is 4.48. The molecule has 1 aromatic rings. The van der Waals surface area contributed by atoms with E-state index >= 15 is 0 Å². The number of nitrogens with zero attached hydrogens (tertiary/aromatic N) is 3. The zero-order valence-corrected chi connectivity index (χ0v) is 12.5. The van der Waals surface area contributed by atoms with Gasteiger partial charge in [0.25, 0.3) is 0 Å². The summed E-state index contributed by atoms with van der Waals surface area (Å²) in [5.41, 5.74) is 0.202. The largest absolute Gasteiger partial charge is 0.370 e. The van der Waals surface area contributed by atoms with Crippen LogP contribution in [0, 0.1) is 0 Å². The Bertz CT molecular complexity index is 419. The molecule has 5 heteroatoms. The standard InChI is InChI=1S/C13H22N4S/c1-5-14-10-9-11(16-12(15-10)18-4)17-8-6-7-13(17,2)3/h9H,5-8H2,1-4H3,(H,14,15,16). The maximum atomic E-state index is 4.65. The van der Waals surface area contributed by atoms with E-state index < -0.39 is 0 Å². The second-order valence-electron chi connectivity index (χ2n) is 5.20. The molecule has 100 valence electrons. The van der Waals surface area contributed by atoms with Gasteiger partial charge in [0.05, 0.1) is 0 Å². The van der Waals surface area contributed by atoms with Crippen LogP contribution in [-0.2, 0) is 0 Å². The minimum absolute atomic E-state index is 0.202. The average molecular weight is 266 g/mol. The van der Waals surface area contributed by atoms with Gasteiger partial charge in [0, 0.05) is 24.7 Å². The van der Waals surface area contributed by atoms with Gasteiger partial charge in [-0.1, -0.05) is 11.8 Å². The fourth-order valence-corrected chi connectivity index (χ4v) is 2.82. The first kappa shape index (κ1) is 13.5. The van der Waals surface area contributed by atoms with Crippen LogP contribution in [0.15, 0.2) is 11.2 Å². The molecule has 1 aliphatic rings. The van der Waals surface area contributed by atoms with Crippen LogP contribution in [0.4, 0.5) is 11.6 Å². The maximum absolute atomic E-state index is 4.65. The number of anilines is 2. The van der Waals surface area contributed by atoms with Crippen LogP contribution in [0.1, 0.15) is 33.6 Å². The van der Waals surface area contributed by atoms with Crippen molar-refractivity contribution in [2.75, 3.05) is 29.6 Å². The topological polar surface area (TPSA) is 41.0 Å². The van der Waals surface area contributed by atoms with Crippen LogP contribution in [0.5, 0.6) is 0 Å². The Morgan fingerprint density at radius 1 is 1.44 bits per heavy atom. The van der Waals surface area contributed by atoms with Gasteiger partial charge in [-0.25, -0.2) is 9.97 Å². The smallest absolute Gasteiger partial charge is 0.191 e. The number of nitrogens with one attached hydrogen (secondary N) is 1. The molecule has 18 heavy (non-hydrogen) atoms. The summed E-state index contributed by atoms with van der Waals surface area (Å²) < 4.78 is 0. The van der Waals surface area contributed by atoms with Crippen molar-refractivity contribution in [2.45, 2.75) is 44.3 Å². The fourth-order valence-electron chi connectivity index (χ4n) is 2.45. The predicted octanol–water partition coefficient (Wildman–Crippen LogP) is 3.01. The molecule has 0 aromatic carbocycles. The Kier molecular flexibility index (Phi) is 4.00. The van der Waals surface area contributed by atoms with Gasteiger partial charge in [-0.2, -0.15) is 0 Å². The van der Waals surface area contributed by atoms with Crippen LogP contribution >= 0.6 is 11.8 Å². The molecule has 0 spiro atoms. The second kappa shape index (κ2) is 5.34. The van der Waals surface area contributed by atoms with Crippen LogP contribution in [0.25, 0.3) is 0 Å². The van der Waals surface area contributed by atoms with Crippen molar-refractivity contribution in [2.24, 2.45) is 0 Å². The molecule has 0 atom stereocenters. The lowest BCUT2D eigenvalue weighted by Crippen LogP contribution is -2.38. The minimum Gasteiger partial charge on any atom is -0.370 e. The third-order valence-electron chi connectivity index (χ3n) is 3.41. The van der Waals surface area contributed by atoms with Crippen LogP contribution in [0.3, 0.4) is 0 Å². The molecular formula is C13H22N4S. The number of hydrogen-bond donors (Lipinski definition) is 1. The van der Waals surface area contributed by atoms with Gasteiger partial charge >= 0.3 is 0 Å². The lowest BCUT2D eigenvalue weighted by Gasteiger charge is -2.32. The zero-order chi connectivity index (χ0) is 13.2. The molecule has 2 heterocycles. The Balaban J connectivity index is 2.34. The Labute approximate surface area is 114 Å². The minimum atomic E-state index is 0.202. The van der Waals surface area contributed by atoms with Crippen LogP contribution in [-0.4, -0.2) is 34.9 Å². The first-order valence-corrected chi connectivity index (χ1v) is 7.74. The highest BCUT2D eigenvalue weighted by Gasteiger charge is 2.33. The van der Waals surface area contributed by atoms with Crippen molar-refractivity contribution in [3.63, 3.8) is 0 Å². The molecule has 1 saturated heterocycles. The lowest BCUT2D eigenvalue weighted by atomic mass is 10.0. The maximum Gasteiger partial charge on any atom is 0.191 e. The quantitative estimate of drug-likeness (QED) is 0.670. The Hall–Kier alpha value is -0.970. The van der Waals surface area contributed by atoms with Gasteiger partial charge in [0.1, 0.15) is 11.6 Å². The Morgan fingerprint density at radius 2 is 2.22 bits per heavy atom. The second-order valence-corrected chi connectivity index (χ2v) is 5.97. The molecule has 0 saturated carbocycles. The third kappa shape index (κ3) is 2.71. The monoisotopic (exact) mass is 266 g/mol. The summed E-state index contributed by atoms with van der Waals surface area (Å²) in [7, 11) is 0. The molecule has 1 aliphatic heterocycles.